The quantitative estimate of drug-likeness (QED) is 0.857. The highest BCUT2D eigenvalue weighted by Crippen LogP contribution is 2.17. The second kappa shape index (κ2) is 4.27. The molecule has 0 unspecified atom stereocenters. The summed E-state index contributed by atoms with van der Waals surface area (Å²) in [6.07, 6.45) is 0.742. The van der Waals surface area contributed by atoms with Crippen LogP contribution < -0.4 is 10.5 Å². The Hall–Kier alpha value is -1.62. The highest BCUT2D eigenvalue weighted by atomic mass is 32.1. The molecule has 0 fully saturated rings. The average molecular weight is 221 g/mol. The third-order valence-electron chi connectivity index (χ3n) is 1.97. The lowest BCUT2D eigenvalue weighted by Gasteiger charge is -2.01. The van der Waals surface area contributed by atoms with E-state index in [1.54, 1.807) is 7.11 Å². The normalized spacial score (nSPS) is 10.2. The van der Waals surface area contributed by atoms with E-state index in [0.717, 1.165) is 22.7 Å². The smallest absolute Gasteiger partial charge is 0.232 e. The van der Waals surface area contributed by atoms with Gasteiger partial charge < -0.3 is 10.5 Å². The van der Waals surface area contributed by atoms with Crippen molar-refractivity contribution in [2.24, 2.45) is 0 Å². The van der Waals surface area contributed by atoms with E-state index in [1.807, 2.05) is 24.3 Å². The molecule has 0 radical (unpaired) electrons. The number of nitrogens with two attached hydrogens (primary N) is 1. The molecule has 0 aliphatic carbocycles. The van der Waals surface area contributed by atoms with Crippen molar-refractivity contribution in [3.63, 3.8) is 0 Å². The summed E-state index contributed by atoms with van der Waals surface area (Å²) in [5, 5.41) is 0.917. The minimum atomic E-state index is 0.345. The van der Waals surface area contributed by atoms with Crippen LogP contribution in [0.2, 0.25) is 0 Å². The zero-order valence-electron chi connectivity index (χ0n) is 8.30. The highest BCUT2D eigenvalue weighted by molar-refractivity contribution is 7.05. The maximum absolute atomic E-state index is 5.45. The zero-order valence-corrected chi connectivity index (χ0v) is 9.12. The largest absolute Gasteiger partial charge is 0.497 e. The van der Waals surface area contributed by atoms with Gasteiger partial charge in [0.05, 0.1) is 7.11 Å². The third kappa shape index (κ3) is 2.44. The number of methoxy groups -OCH3 is 1. The van der Waals surface area contributed by atoms with E-state index in [9.17, 15) is 0 Å². The monoisotopic (exact) mass is 221 g/mol. The number of hydrogen-bond acceptors (Lipinski definition) is 5. The Morgan fingerprint density at radius 3 is 3.00 bits per heavy atom. The molecule has 2 aromatic rings. The van der Waals surface area contributed by atoms with Crippen LogP contribution in [-0.4, -0.2) is 16.5 Å². The summed E-state index contributed by atoms with van der Waals surface area (Å²) in [5.41, 5.74) is 6.60. The molecule has 15 heavy (non-hydrogen) atoms. The van der Waals surface area contributed by atoms with Gasteiger partial charge in [-0.2, -0.15) is 4.37 Å². The van der Waals surface area contributed by atoms with E-state index in [2.05, 4.69) is 9.36 Å². The van der Waals surface area contributed by atoms with Gasteiger partial charge in [0.1, 0.15) is 10.8 Å². The number of ether oxygens (including phenoxy) is 1. The lowest BCUT2D eigenvalue weighted by atomic mass is 10.1. The Morgan fingerprint density at radius 1 is 1.47 bits per heavy atom. The Balaban J connectivity index is 2.16. The molecule has 2 N–H and O–H groups in total. The van der Waals surface area contributed by atoms with Crippen molar-refractivity contribution in [2.75, 3.05) is 12.8 Å². The molecule has 0 bridgehead atoms. The minimum absolute atomic E-state index is 0.345. The van der Waals surface area contributed by atoms with Crippen molar-refractivity contribution in [1.29, 1.82) is 0 Å². The van der Waals surface area contributed by atoms with Gasteiger partial charge in [0, 0.05) is 6.42 Å². The summed E-state index contributed by atoms with van der Waals surface area (Å²) < 4.78 is 9.07. The summed E-state index contributed by atoms with van der Waals surface area (Å²) >= 11 is 1.33. The van der Waals surface area contributed by atoms with E-state index >= 15 is 0 Å². The van der Waals surface area contributed by atoms with Crippen LogP contribution in [-0.2, 0) is 6.42 Å². The van der Waals surface area contributed by atoms with Gasteiger partial charge in [-0.1, -0.05) is 12.1 Å². The number of hydrogen-bond donors (Lipinski definition) is 1. The van der Waals surface area contributed by atoms with E-state index in [-0.39, 0.29) is 0 Å². The molecule has 0 aliphatic rings. The lowest BCUT2D eigenvalue weighted by molar-refractivity contribution is 0.414. The van der Waals surface area contributed by atoms with Crippen LogP contribution in [0.1, 0.15) is 10.6 Å². The number of benzene rings is 1. The number of anilines is 1. The fraction of sp³-hybridized carbons (Fsp3) is 0.200. The van der Waals surface area contributed by atoms with Gasteiger partial charge in [-0.15, -0.1) is 0 Å². The predicted octanol–water partition coefficient (Wildman–Crippen LogP) is 1.72. The molecule has 1 heterocycles. The summed E-state index contributed by atoms with van der Waals surface area (Å²) in [6, 6.07) is 7.88. The van der Waals surface area contributed by atoms with Gasteiger partial charge >= 0.3 is 0 Å². The van der Waals surface area contributed by atoms with Crippen LogP contribution in [0.3, 0.4) is 0 Å². The van der Waals surface area contributed by atoms with Crippen molar-refractivity contribution in [2.45, 2.75) is 6.42 Å². The van der Waals surface area contributed by atoms with Crippen LogP contribution in [0.4, 0.5) is 5.95 Å². The Labute approximate surface area is 91.9 Å². The summed E-state index contributed by atoms with van der Waals surface area (Å²) in [4.78, 5) is 4.11. The maximum Gasteiger partial charge on any atom is 0.232 e. The second-order valence-electron chi connectivity index (χ2n) is 3.07. The van der Waals surface area contributed by atoms with Gasteiger partial charge in [0.2, 0.25) is 5.95 Å². The van der Waals surface area contributed by atoms with Crippen molar-refractivity contribution >= 4 is 17.5 Å². The van der Waals surface area contributed by atoms with E-state index in [1.165, 1.54) is 11.5 Å². The molecule has 78 valence electrons. The molecule has 1 aromatic carbocycles. The average Bonchev–Trinajstić information content (AvgIpc) is 2.64. The molecule has 4 nitrogen and oxygen atoms in total. The van der Waals surface area contributed by atoms with E-state index in [4.69, 9.17) is 10.5 Å². The number of aromatic nitrogens is 2. The summed E-state index contributed by atoms with van der Waals surface area (Å²) in [5.74, 6) is 1.20. The number of rotatable bonds is 3. The first-order valence-corrected chi connectivity index (χ1v) is 5.26. The fourth-order valence-corrected chi connectivity index (χ4v) is 1.90. The molecule has 2 rings (SSSR count). The SMILES string of the molecule is COc1cccc(Cc2nc(N)ns2)c1. The van der Waals surface area contributed by atoms with Crippen molar-refractivity contribution < 1.29 is 4.74 Å². The molecule has 5 heteroatoms. The maximum atomic E-state index is 5.45. The van der Waals surface area contributed by atoms with Crippen molar-refractivity contribution in [3.05, 3.63) is 34.8 Å². The molecular weight excluding hydrogens is 210 g/mol. The highest BCUT2D eigenvalue weighted by Gasteiger charge is 2.03. The van der Waals surface area contributed by atoms with Gasteiger partial charge in [0.25, 0.3) is 0 Å². The van der Waals surface area contributed by atoms with Crippen LogP contribution in [0.25, 0.3) is 0 Å². The van der Waals surface area contributed by atoms with Crippen LogP contribution in [0, 0.1) is 0 Å². The topological polar surface area (TPSA) is 61.0 Å². The number of nitrogens with zero attached hydrogens (tertiary/aromatic N) is 2. The van der Waals surface area contributed by atoms with Gasteiger partial charge in [-0.05, 0) is 29.2 Å². The molecule has 0 saturated heterocycles. The fourth-order valence-electron chi connectivity index (χ4n) is 1.30. The Morgan fingerprint density at radius 2 is 2.33 bits per heavy atom. The first-order chi connectivity index (χ1) is 7.28. The lowest BCUT2D eigenvalue weighted by Crippen LogP contribution is -1.91. The molecule has 0 aliphatic heterocycles. The standard InChI is InChI=1S/C10H11N3OS/c1-14-8-4-2-3-7(5-8)6-9-12-10(11)13-15-9/h2-5H,6H2,1H3,(H2,11,13). The van der Waals surface area contributed by atoms with Gasteiger partial charge in [-0.3, -0.25) is 0 Å². The van der Waals surface area contributed by atoms with Gasteiger partial charge in [-0.25, -0.2) is 4.98 Å². The van der Waals surface area contributed by atoms with Crippen LogP contribution in [0.5, 0.6) is 5.75 Å². The van der Waals surface area contributed by atoms with E-state index in [0.29, 0.717) is 5.95 Å². The number of nitrogen functional groups attached to an aromatic ring is 1. The second-order valence-corrected chi connectivity index (χ2v) is 3.91. The zero-order chi connectivity index (χ0) is 10.7. The van der Waals surface area contributed by atoms with Crippen LogP contribution in [0.15, 0.2) is 24.3 Å². The van der Waals surface area contributed by atoms with E-state index < -0.39 is 0 Å². The first-order valence-electron chi connectivity index (χ1n) is 4.49. The molecule has 0 saturated carbocycles. The summed E-state index contributed by atoms with van der Waals surface area (Å²) in [6.45, 7) is 0. The summed E-state index contributed by atoms with van der Waals surface area (Å²) in [7, 11) is 1.65. The Bertz CT molecular complexity index is 455. The van der Waals surface area contributed by atoms with Crippen molar-refractivity contribution in [1.82, 2.24) is 9.36 Å². The molecule has 1 aromatic heterocycles. The first kappa shape index (κ1) is 9.92. The van der Waals surface area contributed by atoms with Crippen LogP contribution >= 0.6 is 11.5 Å². The Kier molecular flexibility index (Phi) is 2.82. The molecular formula is C10H11N3OS. The third-order valence-corrected chi connectivity index (χ3v) is 2.70. The molecule has 0 amide bonds. The van der Waals surface area contributed by atoms with Gasteiger partial charge in [0.15, 0.2) is 0 Å². The predicted molar refractivity (Wildman–Crippen MR) is 60.1 cm³/mol. The van der Waals surface area contributed by atoms with Crippen molar-refractivity contribution in [3.8, 4) is 5.75 Å². The minimum Gasteiger partial charge on any atom is -0.497 e. The molecule has 0 atom stereocenters. The molecule has 0 spiro atoms.